The number of benzene rings is 2. The molecule has 33 heavy (non-hydrogen) atoms. The van der Waals surface area contributed by atoms with E-state index in [9.17, 15) is 19.7 Å². The van der Waals surface area contributed by atoms with Crippen LogP contribution in [0.2, 0.25) is 0 Å². The number of hydrogen-bond donors (Lipinski definition) is 3. The van der Waals surface area contributed by atoms with Crippen molar-refractivity contribution < 1.29 is 14.5 Å². The molecular weight excluding hydrogens is 422 g/mol. The summed E-state index contributed by atoms with van der Waals surface area (Å²) in [4.78, 5) is 37.1. The summed E-state index contributed by atoms with van der Waals surface area (Å²) in [6.45, 7) is 7.44. The van der Waals surface area contributed by atoms with E-state index in [0.29, 0.717) is 25.9 Å². The topological polar surface area (TPSA) is 117 Å². The van der Waals surface area contributed by atoms with Gasteiger partial charge < -0.3 is 10.2 Å². The van der Waals surface area contributed by atoms with E-state index >= 15 is 0 Å². The van der Waals surface area contributed by atoms with Gasteiger partial charge in [-0.25, -0.2) is 10.2 Å². The molecule has 174 valence electrons. The molecule has 3 rings (SSSR count). The zero-order valence-corrected chi connectivity index (χ0v) is 19.1. The molecule has 2 aromatic carbocycles. The molecule has 0 atom stereocenters. The second kappa shape index (κ2) is 10.6. The summed E-state index contributed by atoms with van der Waals surface area (Å²) in [6, 6.07) is 11.8. The number of para-hydroxylation sites is 1. The number of nitro groups is 1. The molecule has 1 heterocycles. The lowest BCUT2D eigenvalue weighted by Crippen LogP contribution is -2.43. The van der Waals surface area contributed by atoms with Crippen LogP contribution in [0.15, 0.2) is 54.1 Å². The van der Waals surface area contributed by atoms with Crippen LogP contribution < -0.4 is 21.1 Å². The molecule has 1 saturated heterocycles. The number of aryl methyl sites for hydroxylation is 1. The van der Waals surface area contributed by atoms with E-state index in [1.807, 2.05) is 25.1 Å². The summed E-state index contributed by atoms with van der Waals surface area (Å²) in [5.41, 5.74) is 9.51. The lowest BCUT2D eigenvalue weighted by atomic mass is 9.98. The molecule has 0 spiro atoms. The van der Waals surface area contributed by atoms with E-state index in [1.54, 1.807) is 12.1 Å². The second-order valence-corrected chi connectivity index (χ2v) is 8.33. The standard InChI is InChI=1S/C24H29N5O4/c1-16(2)21-6-4-5-17(3)23(21)25-24(31)27-26-22(30)15-18-11-13-28(14-12-18)19-7-9-20(10-8-19)29(32)33/h4-10,15-16H,11-14H2,1-3H3,(H,26,30)(H2,25,27,31). The number of rotatable bonds is 5. The number of non-ortho nitro benzene ring substituents is 1. The van der Waals surface area contributed by atoms with Crippen molar-refractivity contribution in [3.8, 4) is 0 Å². The number of hydrazine groups is 1. The number of nitro benzene ring substituents is 1. The number of urea groups is 1. The van der Waals surface area contributed by atoms with Gasteiger partial charge in [0.05, 0.1) is 4.92 Å². The van der Waals surface area contributed by atoms with Crippen molar-refractivity contribution in [2.24, 2.45) is 0 Å². The third kappa shape index (κ3) is 6.31. The van der Waals surface area contributed by atoms with Gasteiger partial charge in [0, 0.05) is 42.7 Å². The van der Waals surface area contributed by atoms with Gasteiger partial charge in [0.15, 0.2) is 0 Å². The van der Waals surface area contributed by atoms with Crippen molar-refractivity contribution in [2.75, 3.05) is 23.3 Å². The maximum atomic E-state index is 12.3. The predicted molar refractivity (Wildman–Crippen MR) is 128 cm³/mol. The minimum Gasteiger partial charge on any atom is -0.371 e. The third-order valence-electron chi connectivity index (χ3n) is 5.63. The molecular formula is C24H29N5O4. The van der Waals surface area contributed by atoms with Crippen molar-refractivity contribution in [2.45, 2.75) is 39.5 Å². The molecule has 9 nitrogen and oxygen atoms in total. The fraction of sp³-hybridized carbons (Fsp3) is 0.333. The van der Waals surface area contributed by atoms with Crippen LogP contribution in [0.3, 0.4) is 0 Å². The lowest BCUT2D eigenvalue weighted by molar-refractivity contribution is -0.384. The predicted octanol–water partition coefficient (Wildman–Crippen LogP) is 4.41. The van der Waals surface area contributed by atoms with E-state index in [-0.39, 0.29) is 11.6 Å². The first kappa shape index (κ1) is 23.8. The first-order chi connectivity index (χ1) is 15.7. The highest BCUT2D eigenvalue weighted by atomic mass is 16.6. The zero-order valence-electron chi connectivity index (χ0n) is 19.1. The highest BCUT2D eigenvalue weighted by Gasteiger charge is 2.17. The summed E-state index contributed by atoms with van der Waals surface area (Å²) >= 11 is 0. The van der Waals surface area contributed by atoms with Crippen LogP contribution in [0.1, 0.15) is 43.7 Å². The van der Waals surface area contributed by atoms with Gasteiger partial charge in [0.1, 0.15) is 0 Å². The molecule has 3 N–H and O–H groups in total. The minimum atomic E-state index is -0.508. The Kier molecular flexibility index (Phi) is 7.66. The Morgan fingerprint density at radius 2 is 1.73 bits per heavy atom. The van der Waals surface area contributed by atoms with E-state index in [1.165, 1.54) is 18.2 Å². The number of amides is 3. The molecule has 0 aliphatic carbocycles. The van der Waals surface area contributed by atoms with Gasteiger partial charge in [-0.3, -0.25) is 20.3 Å². The first-order valence-electron chi connectivity index (χ1n) is 10.9. The molecule has 0 radical (unpaired) electrons. The van der Waals surface area contributed by atoms with Crippen LogP contribution in [0.4, 0.5) is 21.9 Å². The molecule has 3 amide bonds. The van der Waals surface area contributed by atoms with Crippen molar-refractivity contribution in [3.63, 3.8) is 0 Å². The summed E-state index contributed by atoms with van der Waals surface area (Å²) in [5, 5.41) is 13.6. The van der Waals surface area contributed by atoms with Crippen molar-refractivity contribution in [1.82, 2.24) is 10.9 Å². The van der Waals surface area contributed by atoms with Gasteiger partial charge in [-0.1, -0.05) is 37.6 Å². The number of anilines is 2. The van der Waals surface area contributed by atoms with Gasteiger partial charge in [-0.05, 0) is 48.9 Å². The maximum Gasteiger partial charge on any atom is 0.337 e. The van der Waals surface area contributed by atoms with E-state index < -0.39 is 16.9 Å². The quantitative estimate of drug-likeness (QED) is 0.354. The second-order valence-electron chi connectivity index (χ2n) is 8.33. The number of carbonyl (C=O) groups is 2. The molecule has 0 bridgehead atoms. The number of carbonyl (C=O) groups excluding carboxylic acids is 2. The van der Waals surface area contributed by atoms with Crippen molar-refractivity contribution >= 4 is 29.0 Å². The molecule has 2 aromatic rings. The van der Waals surface area contributed by atoms with E-state index in [0.717, 1.165) is 28.1 Å². The van der Waals surface area contributed by atoms with Crippen molar-refractivity contribution in [1.29, 1.82) is 0 Å². The smallest absolute Gasteiger partial charge is 0.337 e. The number of piperidine rings is 1. The minimum absolute atomic E-state index is 0.0624. The van der Waals surface area contributed by atoms with Gasteiger partial charge in [0.25, 0.3) is 11.6 Å². The largest absolute Gasteiger partial charge is 0.371 e. The molecule has 0 saturated carbocycles. The fourth-order valence-electron chi connectivity index (χ4n) is 3.81. The average Bonchev–Trinajstić information content (AvgIpc) is 2.79. The Labute approximate surface area is 193 Å². The van der Waals surface area contributed by atoms with Gasteiger partial charge >= 0.3 is 6.03 Å². The van der Waals surface area contributed by atoms with Crippen LogP contribution in [-0.4, -0.2) is 30.0 Å². The summed E-state index contributed by atoms with van der Waals surface area (Å²) in [7, 11) is 0. The highest BCUT2D eigenvalue weighted by Crippen LogP contribution is 2.27. The third-order valence-corrected chi connectivity index (χ3v) is 5.63. The summed E-state index contributed by atoms with van der Waals surface area (Å²) in [6.07, 6.45) is 2.90. The monoisotopic (exact) mass is 451 g/mol. The Morgan fingerprint density at radius 1 is 1.06 bits per heavy atom. The van der Waals surface area contributed by atoms with Crippen LogP contribution in [0.5, 0.6) is 0 Å². The fourth-order valence-corrected chi connectivity index (χ4v) is 3.81. The van der Waals surface area contributed by atoms with Crippen molar-refractivity contribution in [3.05, 3.63) is 75.4 Å². The highest BCUT2D eigenvalue weighted by molar-refractivity contribution is 5.94. The normalized spacial score (nSPS) is 13.5. The van der Waals surface area contributed by atoms with Crippen LogP contribution in [-0.2, 0) is 4.79 Å². The Bertz CT molecular complexity index is 1050. The SMILES string of the molecule is Cc1cccc(C(C)C)c1NC(=O)NNC(=O)C=C1CCN(c2ccc([N+](=O)[O-])cc2)CC1. The molecule has 1 aliphatic rings. The molecule has 1 fully saturated rings. The van der Waals surface area contributed by atoms with Crippen LogP contribution in [0, 0.1) is 17.0 Å². The van der Waals surface area contributed by atoms with Crippen LogP contribution >= 0.6 is 0 Å². The summed E-state index contributed by atoms with van der Waals surface area (Å²) < 4.78 is 0. The molecule has 1 aliphatic heterocycles. The van der Waals surface area contributed by atoms with Gasteiger partial charge in [-0.2, -0.15) is 0 Å². The van der Waals surface area contributed by atoms with Gasteiger partial charge in [0.2, 0.25) is 0 Å². The number of nitrogens with zero attached hydrogens (tertiary/aromatic N) is 2. The Hall–Kier alpha value is -3.88. The van der Waals surface area contributed by atoms with E-state index in [4.69, 9.17) is 0 Å². The van der Waals surface area contributed by atoms with E-state index in [2.05, 4.69) is 34.9 Å². The number of hydrogen-bond acceptors (Lipinski definition) is 5. The molecule has 0 unspecified atom stereocenters. The summed E-state index contributed by atoms with van der Waals surface area (Å²) in [5.74, 6) is -0.144. The molecule has 0 aromatic heterocycles. The maximum absolute atomic E-state index is 12.3. The van der Waals surface area contributed by atoms with Gasteiger partial charge in [-0.15, -0.1) is 0 Å². The zero-order chi connectivity index (χ0) is 24.0. The van der Waals surface area contributed by atoms with Crippen LogP contribution in [0.25, 0.3) is 0 Å². The Morgan fingerprint density at radius 3 is 2.33 bits per heavy atom. The molecule has 9 heteroatoms. The first-order valence-corrected chi connectivity index (χ1v) is 10.9. The Balaban J connectivity index is 1.49. The number of nitrogens with one attached hydrogen (secondary N) is 3. The average molecular weight is 452 g/mol. The lowest BCUT2D eigenvalue weighted by Gasteiger charge is -2.30.